The number of nitrogens with zero attached hydrogens (tertiary/aromatic N) is 1. The van der Waals surface area contributed by atoms with E-state index in [0.29, 0.717) is 12.4 Å². The zero-order valence-electron chi connectivity index (χ0n) is 17.8. The molecule has 0 bridgehead atoms. The van der Waals surface area contributed by atoms with Gasteiger partial charge in [0, 0.05) is 13.1 Å². The molecule has 0 aromatic heterocycles. The number of halogens is 1. The molecule has 174 valence electrons. The molecule has 0 saturated carbocycles. The van der Waals surface area contributed by atoms with Gasteiger partial charge < -0.3 is 18.9 Å². The Morgan fingerprint density at radius 3 is 2.25 bits per heavy atom. The topological polar surface area (TPSA) is 91.4 Å². The van der Waals surface area contributed by atoms with Crippen molar-refractivity contribution in [1.82, 2.24) is 4.31 Å². The largest absolute Gasteiger partial charge is 0.494 e. The Kier molecular flexibility index (Phi) is 8.43. The zero-order chi connectivity index (χ0) is 23.0. The molecule has 1 aliphatic rings. The standard InChI is InChI=1S/C22H26FNO7S/c1-2-11-29-18-4-6-19(7-5-18)30-14-15-31-22(25)17-3-8-20(23)21(16-17)32(26,27)24-9-12-28-13-10-24/h3-8,16H,2,9-15H2,1H3. The summed E-state index contributed by atoms with van der Waals surface area (Å²) in [7, 11) is -4.08. The van der Waals surface area contributed by atoms with E-state index in [1.165, 1.54) is 6.07 Å². The number of hydrogen-bond acceptors (Lipinski definition) is 7. The highest BCUT2D eigenvalue weighted by Crippen LogP contribution is 2.22. The maximum atomic E-state index is 14.3. The van der Waals surface area contributed by atoms with Crippen molar-refractivity contribution < 1.29 is 36.6 Å². The molecule has 10 heteroatoms. The predicted octanol–water partition coefficient (Wildman–Crippen LogP) is 2.87. The molecule has 0 N–H and O–H groups in total. The minimum absolute atomic E-state index is 0.0596. The third kappa shape index (κ3) is 6.18. The maximum absolute atomic E-state index is 14.3. The van der Waals surface area contributed by atoms with Crippen molar-refractivity contribution >= 4 is 16.0 Å². The van der Waals surface area contributed by atoms with Gasteiger partial charge in [-0.15, -0.1) is 0 Å². The van der Waals surface area contributed by atoms with Gasteiger partial charge >= 0.3 is 5.97 Å². The van der Waals surface area contributed by atoms with Crippen LogP contribution in [0, 0.1) is 5.82 Å². The van der Waals surface area contributed by atoms with Gasteiger partial charge in [0.2, 0.25) is 10.0 Å². The first kappa shape index (κ1) is 24.0. The lowest BCUT2D eigenvalue weighted by molar-refractivity contribution is 0.0450. The van der Waals surface area contributed by atoms with E-state index in [0.717, 1.165) is 28.6 Å². The minimum Gasteiger partial charge on any atom is -0.494 e. The number of sulfonamides is 1. The molecule has 0 unspecified atom stereocenters. The van der Waals surface area contributed by atoms with Gasteiger partial charge in [-0.3, -0.25) is 0 Å². The molecule has 0 atom stereocenters. The van der Waals surface area contributed by atoms with E-state index in [9.17, 15) is 17.6 Å². The Balaban J connectivity index is 1.54. The minimum atomic E-state index is -4.08. The summed E-state index contributed by atoms with van der Waals surface area (Å²) in [6.45, 7) is 3.41. The van der Waals surface area contributed by atoms with Crippen LogP contribution in [-0.2, 0) is 19.5 Å². The smallest absolute Gasteiger partial charge is 0.338 e. The maximum Gasteiger partial charge on any atom is 0.338 e. The monoisotopic (exact) mass is 467 g/mol. The zero-order valence-corrected chi connectivity index (χ0v) is 18.6. The van der Waals surface area contributed by atoms with Crippen LogP contribution in [0.15, 0.2) is 47.4 Å². The number of benzene rings is 2. The number of morpholine rings is 1. The summed E-state index contributed by atoms with van der Waals surface area (Å²) in [5, 5.41) is 0. The first-order chi connectivity index (χ1) is 15.4. The second kappa shape index (κ2) is 11.3. The molecule has 0 amide bonds. The molecule has 0 aliphatic carbocycles. The van der Waals surface area contributed by atoms with Crippen LogP contribution in [0.5, 0.6) is 11.5 Å². The molecule has 0 radical (unpaired) electrons. The van der Waals surface area contributed by atoms with Crippen LogP contribution in [0.1, 0.15) is 23.7 Å². The molecule has 1 heterocycles. The first-order valence-corrected chi connectivity index (χ1v) is 11.8. The van der Waals surface area contributed by atoms with Gasteiger partial charge in [-0.25, -0.2) is 17.6 Å². The van der Waals surface area contributed by atoms with Crippen LogP contribution >= 0.6 is 0 Å². The molecule has 1 saturated heterocycles. The highest BCUT2D eigenvalue weighted by atomic mass is 32.2. The lowest BCUT2D eigenvalue weighted by Gasteiger charge is -2.26. The van der Waals surface area contributed by atoms with Gasteiger partial charge in [0.1, 0.15) is 35.4 Å². The second-order valence-corrected chi connectivity index (χ2v) is 8.87. The van der Waals surface area contributed by atoms with Crippen molar-refractivity contribution in [2.75, 3.05) is 46.1 Å². The van der Waals surface area contributed by atoms with Crippen LogP contribution in [0.3, 0.4) is 0 Å². The van der Waals surface area contributed by atoms with Crippen molar-refractivity contribution in [1.29, 1.82) is 0 Å². The van der Waals surface area contributed by atoms with Crippen LogP contribution in [-0.4, -0.2) is 64.8 Å². The van der Waals surface area contributed by atoms with E-state index in [-0.39, 0.29) is 45.1 Å². The molecule has 2 aromatic carbocycles. The number of carbonyl (C=O) groups excluding carboxylic acids is 1. The second-order valence-electron chi connectivity index (χ2n) is 6.97. The molecule has 8 nitrogen and oxygen atoms in total. The lowest BCUT2D eigenvalue weighted by Crippen LogP contribution is -2.41. The summed E-state index contributed by atoms with van der Waals surface area (Å²) < 4.78 is 62.1. The van der Waals surface area contributed by atoms with Gasteiger partial charge in [-0.05, 0) is 48.9 Å². The molecule has 2 aromatic rings. The van der Waals surface area contributed by atoms with E-state index in [2.05, 4.69) is 0 Å². The fraction of sp³-hybridized carbons (Fsp3) is 0.409. The van der Waals surface area contributed by atoms with Gasteiger partial charge in [0.05, 0.1) is 25.4 Å². The number of esters is 1. The van der Waals surface area contributed by atoms with Crippen molar-refractivity contribution in [2.24, 2.45) is 0 Å². The van der Waals surface area contributed by atoms with Crippen LogP contribution in [0.2, 0.25) is 0 Å². The number of ether oxygens (including phenoxy) is 4. The number of hydrogen-bond donors (Lipinski definition) is 0. The summed E-state index contributed by atoms with van der Waals surface area (Å²) >= 11 is 0. The van der Waals surface area contributed by atoms with Gasteiger partial charge in [0.25, 0.3) is 0 Å². The highest BCUT2D eigenvalue weighted by molar-refractivity contribution is 7.89. The summed E-state index contributed by atoms with van der Waals surface area (Å²) in [4.78, 5) is 11.8. The Bertz CT molecular complexity index is 1010. The van der Waals surface area contributed by atoms with Gasteiger partial charge in [-0.1, -0.05) is 6.92 Å². The van der Waals surface area contributed by atoms with Crippen molar-refractivity contribution in [3.63, 3.8) is 0 Å². The summed E-state index contributed by atoms with van der Waals surface area (Å²) in [6.07, 6.45) is 0.915. The Labute approximate surface area is 186 Å². The Morgan fingerprint density at radius 2 is 1.62 bits per heavy atom. The van der Waals surface area contributed by atoms with E-state index in [1.54, 1.807) is 24.3 Å². The molecular formula is C22H26FNO7S. The fourth-order valence-electron chi connectivity index (χ4n) is 2.98. The van der Waals surface area contributed by atoms with Crippen LogP contribution in [0.4, 0.5) is 4.39 Å². The summed E-state index contributed by atoms with van der Waals surface area (Å²) in [5.74, 6) is -0.367. The molecule has 1 fully saturated rings. The SMILES string of the molecule is CCCOc1ccc(OCCOC(=O)c2ccc(F)c(S(=O)(=O)N3CCOCC3)c2)cc1. The fourth-order valence-corrected chi connectivity index (χ4v) is 4.48. The summed E-state index contributed by atoms with van der Waals surface area (Å²) in [6, 6.07) is 10.2. The predicted molar refractivity (Wildman–Crippen MR) is 114 cm³/mol. The van der Waals surface area contributed by atoms with Crippen LogP contribution in [0.25, 0.3) is 0 Å². The third-order valence-electron chi connectivity index (χ3n) is 4.64. The Morgan fingerprint density at radius 1 is 1.00 bits per heavy atom. The molecule has 0 spiro atoms. The van der Waals surface area contributed by atoms with E-state index >= 15 is 0 Å². The molecule has 1 aliphatic heterocycles. The normalized spacial score (nSPS) is 14.7. The van der Waals surface area contributed by atoms with Crippen LogP contribution < -0.4 is 9.47 Å². The average molecular weight is 468 g/mol. The molecule has 3 rings (SSSR count). The van der Waals surface area contributed by atoms with Crippen molar-refractivity contribution in [3.8, 4) is 11.5 Å². The van der Waals surface area contributed by atoms with Gasteiger partial charge in [0.15, 0.2) is 0 Å². The lowest BCUT2D eigenvalue weighted by atomic mass is 10.2. The van der Waals surface area contributed by atoms with Crippen molar-refractivity contribution in [3.05, 3.63) is 53.8 Å². The number of rotatable bonds is 10. The molecular weight excluding hydrogens is 441 g/mol. The number of carbonyl (C=O) groups is 1. The van der Waals surface area contributed by atoms with E-state index < -0.39 is 26.7 Å². The highest BCUT2D eigenvalue weighted by Gasteiger charge is 2.30. The van der Waals surface area contributed by atoms with Gasteiger partial charge in [-0.2, -0.15) is 4.31 Å². The van der Waals surface area contributed by atoms with E-state index in [4.69, 9.17) is 18.9 Å². The summed E-state index contributed by atoms with van der Waals surface area (Å²) in [5.41, 5.74) is -0.0596. The quantitative estimate of drug-likeness (QED) is 0.392. The van der Waals surface area contributed by atoms with Crippen molar-refractivity contribution in [2.45, 2.75) is 18.2 Å². The average Bonchev–Trinajstić information content (AvgIpc) is 2.82. The first-order valence-electron chi connectivity index (χ1n) is 10.3. The van der Waals surface area contributed by atoms with E-state index in [1.807, 2.05) is 6.92 Å². The third-order valence-corrected chi connectivity index (χ3v) is 6.55. The molecule has 32 heavy (non-hydrogen) atoms. The Hall–Kier alpha value is -2.69.